The molecule has 2 fully saturated rings. The van der Waals surface area contributed by atoms with Gasteiger partial charge in [-0.15, -0.1) is 0 Å². The molecule has 0 aromatic heterocycles. The number of piperidine rings is 1. The summed E-state index contributed by atoms with van der Waals surface area (Å²) in [7, 11) is 0. The number of carbonyl (C=O) groups excluding carboxylic acids is 3. The summed E-state index contributed by atoms with van der Waals surface area (Å²) in [5.74, 6) is -0.343. The lowest BCUT2D eigenvalue weighted by Gasteiger charge is -2.33. The average Bonchev–Trinajstić information content (AvgIpc) is 3.25. The number of amides is 3. The maximum Gasteiger partial charge on any atom is 0.228 e. The van der Waals surface area contributed by atoms with Crippen molar-refractivity contribution in [2.45, 2.75) is 52.9 Å². The van der Waals surface area contributed by atoms with Crippen LogP contribution in [0.4, 0.5) is 11.4 Å². The van der Waals surface area contributed by atoms with Gasteiger partial charge in [0.15, 0.2) is 0 Å². The molecule has 0 bridgehead atoms. The molecule has 0 saturated carbocycles. The number of nitrogens with one attached hydrogen (secondary N) is 1. The molecule has 4 rings (SSSR count). The van der Waals surface area contributed by atoms with Crippen LogP contribution in [0.15, 0.2) is 42.5 Å². The molecule has 34 heavy (non-hydrogen) atoms. The van der Waals surface area contributed by atoms with Crippen LogP contribution in [-0.2, 0) is 27.2 Å². The molecule has 3 amide bonds. The third-order valence-electron chi connectivity index (χ3n) is 7.24. The Kier molecular flexibility index (Phi) is 7.35. The number of carbonyl (C=O) groups is 3. The molecular weight excluding hydrogens is 426 g/mol. The zero-order chi connectivity index (χ0) is 24.2. The van der Waals surface area contributed by atoms with Gasteiger partial charge in [-0.1, -0.05) is 49.7 Å². The molecule has 0 aliphatic carbocycles. The first kappa shape index (κ1) is 24.0. The Balaban J connectivity index is 1.33. The van der Waals surface area contributed by atoms with E-state index in [4.69, 9.17) is 0 Å². The van der Waals surface area contributed by atoms with Crippen LogP contribution in [0.1, 0.15) is 49.8 Å². The zero-order valence-corrected chi connectivity index (χ0v) is 20.5. The maximum atomic E-state index is 13.2. The molecule has 2 aliphatic rings. The Labute approximate surface area is 202 Å². The van der Waals surface area contributed by atoms with Crippen LogP contribution < -0.4 is 10.2 Å². The van der Waals surface area contributed by atoms with Gasteiger partial charge in [0.25, 0.3) is 0 Å². The molecule has 2 aromatic carbocycles. The van der Waals surface area contributed by atoms with Crippen LogP contribution in [0.3, 0.4) is 0 Å². The third kappa shape index (κ3) is 5.01. The summed E-state index contributed by atoms with van der Waals surface area (Å²) in [4.78, 5) is 42.3. The van der Waals surface area contributed by atoms with Crippen LogP contribution in [0.2, 0.25) is 0 Å². The normalized spacial score (nSPS) is 18.9. The Morgan fingerprint density at radius 3 is 2.15 bits per heavy atom. The summed E-state index contributed by atoms with van der Waals surface area (Å²) < 4.78 is 0. The zero-order valence-electron chi connectivity index (χ0n) is 20.5. The van der Waals surface area contributed by atoms with Gasteiger partial charge < -0.3 is 15.1 Å². The predicted molar refractivity (Wildman–Crippen MR) is 135 cm³/mol. The van der Waals surface area contributed by atoms with Gasteiger partial charge in [-0.3, -0.25) is 14.4 Å². The quantitative estimate of drug-likeness (QED) is 0.695. The smallest absolute Gasteiger partial charge is 0.228 e. The number of para-hydroxylation sites is 1. The van der Waals surface area contributed by atoms with E-state index in [1.807, 2.05) is 42.2 Å². The van der Waals surface area contributed by atoms with E-state index in [2.05, 4.69) is 31.3 Å². The average molecular weight is 462 g/mol. The fourth-order valence-corrected chi connectivity index (χ4v) is 5.10. The Morgan fingerprint density at radius 2 is 1.56 bits per heavy atom. The number of rotatable bonds is 6. The maximum absolute atomic E-state index is 13.2. The van der Waals surface area contributed by atoms with E-state index >= 15 is 0 Å². The Bertz CT molecular complexity index is 1030. The molecular formula is C28H35N3O3. The first-order chi connectivity index (χ1) is 16.4. The fraction of sp³-hybridized carbons (Fsp3) is 0.464. The third-order valence-corrected chi connectivity index (χ3v) is 7.24. The van der Waals surface area contributed by atoms with Crippen molar-refractivity contribution < 1.29 is 14.4 Å². The van der Waals surface area contributed by atoms with E-state index in [0.29, 0.717) is 32.5 Å². The van der Waals surface area contributed by atoms with Crippen molar-refractivity contribution in [1.29, 1.82) is 0 Å². The molecule has 180 valence electrons. The monoisotopic (exact) mass is 461 g/mol. The molecule has 2 aliphatic heterocycles. The second kappa shape index (κ2) is 10.4. The second-order valence-electron chi connectivity index (χ2n) is 9.49. The summed E-state index contributed by atoms with van der Waals surface area (Å²) in [6.45, 7) is 7.75. The van der Waals surface area contributed by atoms with Crippen molar-refractivity contribution in [2.75, 3.05) is 29.9 Å². The SMILES string of the molecule is CCc1cccc(CC)c1NC(=O)C1CCN(C(=O)C2CC(=O)N(c3ccc(C)cc3)C2)CC1. The van der Waals surface area contributed by atoms with Crippen LogP contribution in [-0.4, -0.2) is 42.3 Å². The molecule has 1 unspecified atom stereocenters. The minimum Gasteiger partial charge on any atom is -0.342 e. The van der Waals surface area contributed by atoms with Crippen molar-refractivity contribution >= 4 is 29.1 Å². The van der Waals surface area contributed by atoms with E-state index in [9.17, 15) is 14.4 Å². The van der Waals surface area contributed by atoms with Crippen molar-refractivity contribution in [3.8, 4) is 0 Å². The van der Waals surface area contributed by atoms with Gasteiger partial charge in [-0.2, -0.15) is 0 Å². The van der Waals surface area contributed by atoms with Gasteiger partial charge >= 0.3 is 0 Å². The van der Waals surface area contributed by atoms with E-state index in [1.165, 1.54) is 0 Å². The predicted octanol–water partition coefficient (Wildman–Crippen LogP) is 4.35. The number of hydrogen-bond donors (Lipinski definition) is 1. The molecule has 2 aromatic rings. The molecule has 6 heteroatoms. The standard InChI is InChI=1S/C28H35N3O3/c1-4-20-7-6-8-21(5-2)26(20)29-27(33)22-13-15-30(16-14-22)28(34)23-17-25(32)31(18-23)24-11-9-19(3)10-12-24/h6-12,22-23H,4-5,13-18H2,1-3H3,(H,29,33). The number of nitrogens with zero attached hydrogens (tertiary/aromatic N) is 2. The number of benzene rings is 2. The summed E-state index contributed by atoms with van der Waals surface area (Å²) >= 11 is 0. The topological polar surface area (TPSA) is 69.7 Å². The second-order valence-corrected chi connectivity index (χ2v) is 9.49. The number of anilines is 2. The Morgan fingerprint density at radius 1 is 0.941 bits per heavy atom. The van der Waals surface area contributed by atoms with Crippen molar-refractivity contribution in [2.24, 2.45) is 11.8 Å². The molecule has 1 atom stereocenters. The fourth-order valence-electron chi connectivity index (χ4n) is 5.10. The minimum atomic E-state index is -0.317. The van der Waals surface area contributed by atoms with Gasteiger partial charge in [0.2, 0.25) is 17.7 Å². The van der Waals surface area contributed by atoms with Crippen molar-refractivity contribution in [1.82, 2.24) is 4.90 Å². The highest BCUT2D eigenvalue weighted by Gasteiger charge is 2.38. The highest BCUT2D eigenvalue weighted by Crippen LogP contribution is 2.29. The first-order valence-corrected chi connectivity index (χ1v) is 12.5. The largest absolute Gasteiger partial charge is 0.342 e. The van der Waals surface area contributed by atoms with Crippen LogP contribution in [0.25, 0.3) is 0 Å². The van der Waals surface area contributed by atoms with E-state index < -0.39 is 0 Å². The van der Waals surface area contributed by atoms with Crippen LogP contribution >= 0.6 is 0 Å². The van der Waals surface area contributed by atoms with Crippen molar-refractivity contribution in [3.05, 3.63) is 59.2 Å². The van der Waals surface area contributed by atoms with E-state index in [-0.39, 0.29) is 36.0 Å². The molecule has 1 N–H and O–H groups in total. The summed E-state index contributed by atoms with van der Waals surface area (Å²) in [5.41, 5.74) is 5.25. The number of hydrogen-bond acceptors (Lipinski definition) is 3. The molecule has 6 nitrogen and oxygen atoms in total. The summed E-state index contributed by atoms with van der Waals surface area (Å²) in [6.07, 6.45) is 3.29. The van der Waals surface area contributed by atoms with Gasteiger partial charge in [0.05, 0.1) is 5.92 Å². The number of aryl methyl sites for hydroxylation is 3. The molecule has 0 spiro atoms. The van der Waals surface area contributed by atoms with Crippen LogP contribution in [0, 0.1) is 18.8 Å². The van der Waals surface area contributed by atoms with Gasteiger partial charge in [-0.25, -0.2) is 0 Å². The first-order valence-electron chi connectivity index (χ1n) is 12.5. The highest BCUT2D eigenvalue weighted by atomic mass is 16.2. The summed E-state index contributed by atoms with van der Waals surface area (Å²) in [6, 6.07) is 14.0. The highest BCUT2D eigenvalue weighted by molar-refractivity contribution is 6.00. The molecule has 2 saturated heterocycles. The van der Waals surface area contributed by atoms with Crippen LogP contribution in [0.5, 0.6) is 0 Å². The van der Waals surface area contributed by atoms with E-state index in [0.717, 1.165) is 40.9 Å². The molecule has 2 heterocycles. The number of likely N-dealkylation sites (tertiary alicyclic amines) is 1. The van der Waals surface area contributed by atoms with Gasteiger partial charge in [0.1, 0.15) is 0 Å². The van der Waals surface area contributed by atoms with Crippen molar-refractivity contribution in [3.63, 3.8) is 0 Å². The van der Waals surface area contributed by atoms with Gasteiger partial charge in [0, 0.05) is 43.3 Å². The lowest BCUT2D eigenvalue weighted by molar-refractivity contribution is -0.138. The van der Waals surface area contributed by atoms with Gasteiger partial charge in [-0.05, 0) is 55.9 Å². The lowest BCUT2D eigenvalue weighted by Crippen LogP contribution is -2.44. The lowest BCUT2D eigenvalue weighted by atomic mass is 9.94. The van der Waals surface area contributed by atoms with E-state index in [1.54, 1.807) is 4.90 Å². The molecule has 0 radical (unpaired) electrons. The summed E-state index contributed by atoms with van der Waals surface area (Å²) in [5, 5.41) is 3.19. The Hall–Kier alpha value is -3.15. The minimum absolute atomic E-state index is 0.00205.